The molecule has 4 aromatic rings. The summed E-state index contributed by atoms with van der Waals surface area (Å²) in [4.78, 5) is 11.7. The van der Waals surface area contributed by atoms with Gasteiger partial charge in [0.15, 0.2) is 5.13 Å². The van der Waals surface area contributed by atoms with Crippen molar-refractivity contribution in [2.45, 2.75) is 32.1 Å². The predicted molar refractivity (Wildman–Crippen MR) is 143 cm³/mol. The van der Waals surface area contributed by atoms with Gasteiger partial charge in [0.1, 0.15) is 23.5 Å². The van der Waals surface area contributed by atoms with Crippen molar-refractivity contribution in [3.8, 4) is 11.3 Å². The quantitative estimate of drug-likeness (QED) is 0.283. The van der Waals surface area contributed by atoms with Crippen molar-refractivity contribution < 1.29 is 8.94 Å². The number of aryl methyl sites for hydroxylation is 1. The fourth-order valence-corrected chi connectivity index (χ4v) is 6.49. The highest BCUT2D eigenvalue weighted by molar-refractivity contribution is 7.88. The van der Waals surface area contributed by atoms with Gasteiger partial charge < -0.3 is 9.45 Å². The van der Waals surface area contributed by atoms with Gasteiger partial charge in [0, 0.05) is 48.6 Å². The van der Waals surface area contributed by atoms with Crippen LogP contribution in [0.25, 0.3) is 16.9 Å². The second-order valence-corrected chi connectivity index (χ2v) is 11.4. The fraction of sp³-hybridized carbons (Fsp3) is 0.360. The first kappa shape index (κ1) is 24.5. The lowest BCUT2D eigenvalue weighted by atomic mass is 9.91. The number of piperidine rings is 1. The summed E-state index contributed by atoms with van der Waals surface area (Å²) >= 11 is 6.88. The van der Waals surface area contributed by atoms with E-state index in [1.165, 1.54) is 29.0 Å². The molecule has 10 heteroatoms. The molecule has 0 N–H and O–H groups in total. The zero-order chi connectivity index (χ0) is 24.7. The number of hydrogen-bond acceptors (Lipinski definition) is 6. The van der Waals surface area contributed by atoms with Gasteiger partial charge in [-0.05, 0) is 55.0 Å². The third-order valence-electron chi connectivity index (χ3n) is 6.61. The van der Waals surface area contributed by atoms with E-state index in [-0.39, 0.29) is 5.82 Å². The Morgan fingerprint density at radius 1 is 1.23 bits per heavy atom. The maximum absolute atomic E-state index is 13.5. The number of fused-ring (bicyclic) bond motifs is 1. The molecule has 0 bridgehead atoms. The van der Waals surface area contributed by atoms with Gasteiger partial charge in [-0.25, -0.2) is 14.4 Å². The zero-order valence-electron chi connectivity index (χ0n) is 19.9. The van der Waals surface area contributed by atoms with Gasteiger partial charge in [0.2, 0.25) is 0 Å². The lowest BCUT2D eigenvalue weighted by molar-refractivity contribution is 0.321. The van der Waals surface area contributed by atoms with Crippen molar-refractivity contribution >= 4 is 50.9 Å². The summed E-state index contributed by atoms with van der Waals surface area (Å²) in [5.41, 5.74) is 4.59. The van der Waals surface area contributed by atoms with E-state index in [2.05, 4.69) is 34.6 Å². The smallest absolute Gasteiger partial charge is 0.191 e. The largest absolute Gasteiger partial charge is 0.598 e. The minimum atomic E-state index is -0.911. The summed E-state index contributed by atoms with van der Waals surface area (Å²) in [6.07, 6.45) is 6.71. The van der Waals surface area contributed by atoms with Gasteiger partial charge in [-0.3, -0.25) is 4.40 Å². The monoisotopic (exact) mass is 531 g/mol. The van der Waals surface area contributed by atoms with E-state index in [0.717, 1.165) is 60.3 Å². The molecule has 4 heterocycles. The number of hydrogen-bond donors (Lipinski definition) is 0. The SMILES string of the molecule is CCc1nc2ccc(C3CCN([S+](C)[O-])CC3)cn2c1N(C)c1nc(-c2ccc(F)cc2Cl)cs1. The van der Waals surface area contributed by atoms with E-state index < -0.39 is 11.4 Å². The van der Waals surface area contributed by atoms with Crippen LogP contribution in [0, 0.1) is 5.82 Å². The van der Waals surface area contributed by atoms with Crippen LogP contribution in [-0.4, -0.2) is 49.6 Å². The van der Waals surface area contributed by atoms with Crippen LogP contribution < -0.4 is 4.90 Å². The van der Waals surface area contributed by atoms with Crippen molar-refractivity contribution in [3.63, 3.8) is 0 Å². The van der Waals surface area contributed by atoms with Gasteiger partial charge in [-0.15, -0.1) is 15.6 Å². The molecule has 0 radical (unpaired) electrons. The lowest BCUT2D eigenvalue weighted by Crippen LogP contribution is -2.37. The number of nitrogens with zero attached hydrogens (tertiary/aromatic N) is 5. The third-order valence-corrected chi connectivity index (χ3v) is 8.94. The van der Waals surface area contributed by atoms with E-state index in [0.29, 0.717) is 16.5 Å². The topological polar surface area (TPSA) is 59.7 Å². The summed E-state index contributed by atoms with van der Waals surface area (Å²) < 4.78 is 29.5. The molecular weight excluding hydrogens is 505 g/mol. The predicted octanol–water partition coefficient (Wildman–Crippen LogP) is 6.05. The molecule has 1 fully saturated rings. The summed E-state index contributed by atoms with van der Waals surface area (Å²) in [5.74, 6) is 1.05. The Balaban J connectivity index is 1.47. The molecule has 1 aromatic carbocycles. The maximum Gasteiger partial charge on any atom is 0.191 e. The van der Waals surface area contributed by atoms with Crippen LogP contribution in [-0.2, 0) is 17.8 Å². The first-order chi connectivity index (χ1) is 16.9. The number of aromatic nitrogens is 3. The highest BCUT2D eigenvalue weighted by Gasteiger charge is 2.27. The van der Waals surface area contributed by atoms with Crippen molar-refractivity contribution in [2.75, 3.05) is 31.3 Å². The van der Waals surface area contributed by atoms with E-state index >= 15 is 0 Å². The number of imidazole rings is 1. The maximum atomic E-state index is 13.5. The minimum Gasteiger partial charge on any atom is -0.598 e. The van der Waals surface area contributed by atoms with Crippen molar-refractivity contribution in [1.82, 2.24) is 18.7 Å². The van der Waals surface area contributed by atoms with Gasteiger partial charge >= 0.3 is 0 Å². The van der Waals surface area contributed by atoms with Gasteiger partial charge in [0.25, 0.3) is 0 Å². The molecule has 0 saturated carbocycles. The fourth-order valence-electron chi connectivity index (χ4n) is 4.71. The van der Waals surface area contributed by atoms with Gasteiger partial charge in [-0.2, -0.15) is 0 Å². The van der Waals surface area contributed by atoms with Gasteiger partial charge in [0.05, 0.1) is 16.4 Å². The Morgan fingerprint density at radius 3 is 2.69 bits per heavy atom. The molecule has 1 saturated heterocycles. The Hall–Kier alpha value is -2.17. The summed E-state index contributed by atoms with van der Waals surface area (Å²) in [5, 5.41) is 3.09. The van der Waals surface area contributed by atoms with E-state index in [1.54, 1.807) is 12.3 Å². The standard InChI is InChI=1S/C25H27ClFN5OS2/c1-4-21-24(30(2)25-29-22(15-34-25)19-7-6-18(27)13-20(19)26)32-14-17(5-8-23(32)28-21)16-9-11-31(12-10-16)35(3)33/h5-8,13-16H,4,9-12H2,1-3H3. The second-order valence-electron chi connectivity index (χ2n) is 8.75. The number of pyridine rings is 1. The number of anilines is 2. The van der Waals surface area contributed by atoms with Crippen LogP contribution in [0.3, 0.4) is 0 Å². The number of halogens is 2. The first-order valence-electron chi connectivity index (χ1n) is 11.6. The first-order valence-corrected chi connectivity index (χ1v) is 14.4. The molecule has 0 aliphatic carbocycles. The van der Waals surface area contributed by atoms with Crippen molar-refractivity contribution in [3.05, 3.63) is 64.0 Å². The zero-order valence-corrected chi connectivity index (χ0v) is 22.3. The second kappa shape index (κ2) is 10.1. The molecule has 3 aromatic heterocycles. The van der Waals surface area contributed by atoms with Crippen LogP contribution in [0.4, 0.5) is 15.3 Å². The summed E-state index contributed by atoms with van der Waals surface area (Å²) in [6, 6.07) is 8.62. The molecular formula is C25H27ClFN5OS2. The van der Waals surface area contributed by atoms with Crippen molar-refractivity contribution in [2.24, 2.45) is 0 Å². The Morgan fingerprint density at radius 2 is 2.00 bits per heavy atom. The average molecular weight is 532 g/mol. The number of rotatable bonds is 6. The van der Waals surface area contributed by atoms with E-state index in [9.17, 15) is 8.94 Å². The Labute approximate surface area is 216 Å². The number of benzene rings is 1. The van der Waals surface area contributed by atoms with Gasteiger partial charge in [-0.1, -0.05) is 24.6 Å². The Kier molecular flexibility index (Phi) is 7.05. The summed E-state index contributed by atoms with van der Waals surface area (Å²) in [6.45, 7) is 3.79. The normalized spacial score (nSPS) is 16.2. The number of thiazole rings is 1. The highest BCUT2D eigenvalue weighted by atomic mass is 35.5. The molecule has 35 heavy (non-hydrogen) atoms. The van der Waals surface area contributed by atoms with Crippen LogP contribution >= 0.6 is 22.9 Å². The molecule has 0 spiro atoms. The van der Waals surface area contributed by atoms with Crippen molar-refractivity contribution in [1.29, 1.82) is 0 Å². The third kappa shape index (κ3) is 4.80. The highest BCUT2D eigenvalue weighted by Crippen LogP contribution is 2.37. The molecule has 1 aliphatic heterocycles. The molecule has 184 valence electrons. The molecule has 6 nitrogen and oxygen atoms in total. The average Bonchev–Trinajstić information content (AvgIpc) is 3.48. The molecule has 1 aliphatic rings. The van der Waals surface area contributed by atoms with Crippen LogP contribution in [0.15, 0.2) is 41.9 Å². The molecule has 0 amide bonds. The van der Waals surface area contributed by atoms with E-state index in [4.69, 9.17) is 21.6 Å². The van der Waals surface area contributed by atoms with Crippen LogP contribution in [0.1, 0.15) is 36.9 Å². The Bertz CT molecular complexity index is 1350. The van der Waals surface area contributed by atoms with Crippen LogP contribution in [0.2, 0.25) is 5.02 Å². The lowest BCUT2D eigenvalue weighted by Gasteiger charge is -2.30. The van der Waals surface area contributed by atoms with Crippen LogP contribution in [0.5, 0.6) is 0 Å². The summed E-state index contributed by atoms with van der Waals surface area (Å²) in [7, 11) is 2.00. The minimum absolute atomic E-state index is 0.344. The molecule has 1 atom stereocenters. The van der Waals surface area contributed by atoms with E-state index in [1.807, 2.05) is 16.7 Å². The molecule has 5 rings (SSSR count). The molecule has 1 unspecified atom stereocenters.